The molecule has 1 amide bonds. The largest absolute Gasteiger partial charge is 0.411 e. The van der Waals surface area contributed by atoms with Gasteiger partial charge in [0.2, 0.25) is 0 Å². The van der Waals surface area contributed by atoms with Crippen LogP contribution in [-0.4, -0.2) is 70.5 Å². The van der Waals surface area contributed by atoms with Crippen LogP contribution < -0.4 is 5.32 Å². The van der Waals surface area contributed by atoms with E-state index in [0.29, 0.717) is 27.4 Å². The lowest BCUT2D eigenvalue weighted by molar-refractivity contribution is 0.0802. The Morgan fingerprint density at radius 2 is 2.06 bits per heavy atom. The fourth-order valence-corrected chi connectivity index (χ4v) is 4.07. The van der Waals surface area contributed by atoms with Crippen molar-refractivity contribution >= 4 is 23.2 Å². The molecule has 9 heteroatoms. The number of carbonyl (C=O) groups excluding carboxylic acids is 1. The fourth-order valence-electron chi connectivity index (χ4n) is 3.93. The van der Waals surface area contributed by atoms with Crippen LogP contribution in [0.2, 0.25) is 0 Å². The van der Waals surface area contributed by atoms with Crippen molar-refractivity contribution in [3.63, 3.8) is 0 Å². The number of likely N-dealkylation sites (N-methyl/N-ethyl adjacent to an activating group) is 1. The molecule has 1 aromatic rings. The first-order chi connectivity index (χ1) is 16.3. The lowest BCUT2D eigenvalue weighted by atomic mass is 9.75. The lowest BCUT2D eigenvalue weighted by Crippen LogP contribution is -2.34. The highest BCUT2D eigenvalue weighted by atomic mass is 35.5. The first kappa shape index (κ1) is 25.7. The van der Waals surface area contributed by atoms with E-state index in [2.05, 4.69) is 10.5 Å². The van der Waals surface area contributed by atoms with Crippen LogP contribution in [0.25, 0.3) is 0 Å². The molecule has 34 heavy (non-hydrogen) atoms. The highest BCUT2D eigenvalue weighted by Crippen LogP contribution is 2.42. The van der Waals surface area contributed by atoms with Crippen LogP contribution in [-0.2, 0) is 0 Å². The summed E-state index contributed by atoms with van der Waals surface area (Å²) in [6.07, 6.45) is 9.33. The smallest absolute Gasteiger partial charge is 0.251 e. The number of benzene rings is 1. The number of allylic oxidation sites excluding steroid dienone is 6. The number of aliphatic hydroxyl groups is 2. The van der Waals surface area contributed by atoms with E-state index in [1.807, 2.05) is 30.3 Å². The predicted octanol–water partition coefficient (Wildman–Crippen LogP) is 3.25. The van der Waals surface area contributed by atoms with Crippen molar-refractivity contribution < 1.29 is 24.6 Å². The number of halogens is 2. The summed E-state index contributed by atoms with van der Waals surface area (Å²) in [6, 6.07) is 6.49. The average molecular weight is 490 g/mol. The quantitative estimate of drug-likeness (QED) is 0.242. The van der Waals surface area contributed by atoms with Gasteiger partial charge in [-0.15, -0.1) is 0 Å². The summed E-state index contributed by atoms with van der Waals surface area (Å²) < 4.78 is 16.2. The van der Waals surface area contributed by atoms with Gasteiger partial charge in [-0.25, -0.2) is 4.39 Å². The Kier molecular flexibility index (Phi) is 8.66. The highest BCUT2D eigenvalue weighted by molar-refractivity contribution is 6.31. The fraction of sp³-hybridized carbons (Fsp3) is 0.360. The predicted molar refractivity (Wildman–Crippen MR) is 130 cm³/mol. The Balaban J connectivity index is 1.88. The van der Waals surface area contributed by atoms with Crippen LogP contribution in [0.1, 0.15) is 34.7 Å². The van der Waals surface area contributed by atoms with Gasteiger partial charge in [0, 0.05) is 61.3 Å². The SMILES string of the molecule is CN1C=C(/C(CC(c2ccc(C(=O)NCC(O)CO)cc2)C2(F)C=CC(Cl)=CC2)=N/O)C=CC1. The topological polar surface area (TPSA) is 105 Å². The Labute approximate surface area is 203 Å². The van der Waals surface area contributed by atoms with Crippen molar-refractivity contribution in [1.29, 1.82) is 0 Å². The minimum absolute atomic E-state index is 0.0573. The molecule has 1 heterocycles. The van der Waals surface area contributed by atoms with E-state index in [0.717, 1.165) is 6.54 Å². The zero-order chi connectivity index (χ0) is 24.7. The molecule has 2 aliphatic rings. The number of hydrogen-bond donors (Lipinski definition) is 4. The molecule has 0 bridgehead atoms. The normalized spacial score (nSPS) is 22.1. The van der Waals surface area contributed by atoms with Gasteiger partial charge in [0.15, 0.2) is 0 Å². The lowest BCUT2D eigenvalue weighted by Gasteiger charge is -2.33. The molecule has 0 spiro atoms. The molecule has 7 nitrogen and oxygen atoms in total. The third-order valence-electron chi connectivity index (χ3n) is 5.89. The van der Waals surface area contributed by atoms with Crippen LogP contribution in [0.4, 0.5) is 4.39 Å². The van der Waals surface area contributed by atoms with Crippen LogP contribution in [0, 0.1) is 0 Å². The Hall–Kier alpha value is -2.94. The van der Waals surface area contributed by atoms with Gasteiger partial charge < -0.3 is 25.6 Å². The van der Waals surface area contributed by atoms with Crippen LogP contribution in [0.15, 0.2) is 76.6 Å². The molecule has 1 aliphatic carbocycles. The minimum atomic E-state index is -1.78. The summed E-state index contributed by atoms with van der Waals surface area (Å²) in [5.74, 6) is -1.14. The summed E-state index contributed by atoms with van der Waals surface area (Å²) in [5, 5.41) is 34.5. The summed E-state index contributed by atoms with van der Waals surface area (Å²) in [5.41, 5.74) is 0.211. The average Bonchev–Trinajstić information content (AvgIpc) is 2.85. The monoisotopic (exact) mass is 489 g/mol. The first-order valence-corrected chi connectivity index (χ1v) is 11.3. The second-order valence-electron chi connectivity index (χ2n) is 8.45. The molecule has 3 unspecified atom stereocenters. The van der Waals surface area contributed by atoms with E-state index in [1.54, 1.807) is 30.3 Å². The maximum absolute atomic E-state index is 16.2. The van der Waals surface area contributed by atoms with Crippen LogP contribution >= 0.6 is 11.6 Å². The molecule has 3 atom stereocenters. The van der Waals surface area contributed by atoms with Crippen molar-refractivity contribution in [1.82, 2.24) is 10.2 Å². The summed E-state index contributed by atoms with van der Waals surface area (Å²) >= 11 is 6.03. The Morgan fingerprint density at radius 1 is 1.32 bits per heavy atom. The number of nitrogens with zero attached hydrogens (tertiary/aromatic N) is 2. The van der Waals surface area contributed by atoms with Crippen LogP contribution in [0.5, 0.6) is 0 Å². The van der Waals surface area contributed by atoms with Crippen molar-refractivity contribution in [3.05, 3.63) is 82.6 Å². The van der Waals surface area contributed by atoms with Gasteiger partial charge in [-0.3, -0.25) is 4.79 Å². The molecule has 1 aliphatic heterocycles. The third kappa shape index (κ3) is 6.34. The number of aliphatic hydroxyl groups excluding tert-OH is 2. The molecule has 3 rings (SSSR count). The van der Waals surface area contributed by atoms with Gasteiger partial charge in [-0.1, -0.05) is 47.1 Å². The molecule has 182 valence electrons. The minimum Gasteiger partial charge on any atom is -0.411 e. The van der Waals surface area contributed by atoms with Gasteiger partial charge in [0.05, 0.1) is 18.4 Å². The van der Waals surface area contributed by atoms with Crippen molar-refractivity contribution in [3.8, 4) is 0 Å². The van der Waals surface area contributed by atoms with E-state index >= 15 is 4.39 Å². The van der Waals surface area contributed by atoms with Gasteiger partial charge >= 0.3 is 0 Å². The second kappa shape index (κ2) is 11.5. The Bertz CT molecular complexity index is 1040. The maximum Gasteiger partial charge on any atom is 0.251 e. The van der Waals surface area contributed by atoms with Gasteiger partial charge in [-0.2, -0.15) is 0 Å². The molecule has 4 N–H and O–H groups in total. The number of hydrogen-bond acceptors (Lipinski definition) is 6. The summed E-state index contributed by atoms with van der Waals surface area (Å²) in [6.45, 7) is 0.184. The zero-order valence-electron chi connectivity index (χ0n) is 18.9. The van der Waals surface area contributed by atoms with E-state index in [4.69, 9.17) is 16.7 Å². The first-order valence-electron chi connectivity index (χ1n) is 11.0. The number of rotatable bonds is 9. The molecule has 0 radical (unpaired) electrons. The maximum atomic E-state index is 16.2. The highest BCUT2D eigenvalue weighted by Gasteiger charge is 2.39. The van der Waals surface area contributed by atoms with E-state index in [1.165, 1.54) is 12.2 Å². The molecule has 0 saturated carbocycles. The molecule has 0 aromatic heterocycles. The number of nitrogens with one attached hydrogen (secondary N) is 1. The third-order valence-corrected chi connectivity index (χ3v) is 6.18. The molecule has 0 saturated heterocycles. The summed E-state index contributed by atoms with van der Waals surface area (Å²) in [7, 11) is 1.90. The molecular weight excluding hydrogens is 461 g/mol. The second-order valence-corrected chi connectivity index (χ2v) is 8.89. The number of amides is 1. The summed E-state index contributed by atoms with van der Waals surface area (Å²) in [4.78, 5) is 14.3. The zero-order valence-corrected chi connectivity index (χ0v) is 19.6. The number of carbonyl (C=O) groups is 1. The van der Waals surface area contributed by atoms with Gasteiger partial charge in [-0.05, 0) is 29.8 Å². The van der Waals surface area contributed by atoms with E-state index < -0.39 is 30.2 Å². The van der Waals surface area contributed by atoms with Crippen molar-refractivity contribution in [2.45, 2.75) is 30.5 Å². The van der Waals surface area contributed by atoms with E-state index in [9.17, 15) is 15.1 Å². The molecule has 0 fully saturated rings. The van der Waals surface area contributed by atoms with Crippen molar-refractivity contribution in [2.24, 2.45) is 5.16 Å². The molecule has 1 aromatic carbocycles. The standard InChI is InChI=1S/C25H29ClFN3O4/c1-30-12-2-3-19(15-30)23(29-34)13-22(25(27)10-8-20(26)9-11-25)17-4-6-18(7-5-17)24(33)28-14-21(32)16-31/h2-10,15,21-22,31-32,34H,11-14,16H2,1H3,(H,28,33)/b29-23+. The van der Waals surface area contributed by atoms with Gasteiger partial charge in [0.25, 0.3) is 5.91 Å². The number of alkyl halides is 1. The Morgan fingerprint density at radius 3 is 2.65 bits per heavy atom. The van der Waals surface area contributed by atoms with Crippen LogP contribution in [0.3, 0.4) is 0 Å². The molecular formula is C25H29ClFN3O4. The number of oxime groups is 1. The van der Waals surface area contributed by atoms with E-state index in [-0.39, 0.29) is 19.4 Å². The van der Waals surface area contributed by atoms with Gasteiger partial charge in [0.1, 0.15) is 5.67 Å². The van der Waals surface area contributed by atoms with Crippen molar-refractivity contribution in [2.75, 3.05) is 26.7 Å².